The predicted molar refractivity (Wildman–Crippen MR) is 84.6 cm³/mol. The highest BCUT2D eigenvalue weighted by Gasteiger charge is 2.32. The molecule has 1 aliphatic rings. The van der Waals surface area contributed by atoms with Gasteiger partial charge in [-0.05, 0) is 29.8 Å². The third-order valence-corrected chi connectivity index (χ3v) is 4.16. The van der Waals surface area contributed by atoms with Crippen LogP contribution in [0.2, 0.25) is 0 Å². The molecule has 0 radical (unpaired) electrons. The quantitative estimate of drug-likeness (QED) is 0.728. The zero-order valence-electron chi connectivity index (χ0n) is 12.0. The monoisotopic (exact) mass is 289 g/mol. The fourth-order valence-electron chi connectivity index (χ4n) is 2.84. The number of benzene rings is 1. The number of nitrogens with zero attached hydrogens (tertiary/aromatic N) is 3. The summed E-state index contributed by atoms with van der Waals surface area (Å²) in [4.78, 5) is 22.8. The lowest BCUT2D eigenvalue weighted by Crippen LogP contribution is -2.48. The first-order chi connectivity index (χ1) is 10.8. The second-order valence-corrected chi connectivity index (χ2v) is 5.58. The van der Waals surface area contributed by atoms with E-state index in [4.69, 9.17) is 0 Å². The van der Waals surface area contributed by atoms with E-state index in [9.17, 15) is 4.79 Å². The molecular formula is C18H15N3O. The molecule has 1 aliphatic heterocycles. The molecule has 1 saturated heterocycles. The van der Waals surface area contributed by atoms with E-state index >= 15 is 0 Å². The van der Waals surface area contributed by atoms with Crippen molar-refractivity contribution in [1.82, 2.24) is 14.9 Å². The second kappa shape index (κ2) is 5.22. The van der Waals surface area contributed by atoms with Crippen molar-refractivity contribution in [2.45, 2.75) is 5.92 Å². The molecule has 1 amide bonds. The molecule has 0 saturated carbocycles. The van der Waals surface area contributed by atoms with Crippen LogP contribution in [-0.4, -0.2) is 33.9 Å². The van der Waals surface area contributed by atoms with Crippen LogP contribution in [0.5, 0.6) is 0 Å². The van der Waals surface area contributed by atoms with Crippen LogP contribution in [-0.2, 0) is 0 Å². The van der Waals surface area contributed by atoms with Gasteiger partial charge in [0.15, 0.2) is 0 Å². The number of hydrogen-bond donors (Lipinski definition) is 0. The van der Waals surface area contributed by atoms with Gasteiger partial charge in [-0.1, -0.05) is 24.3 Å². The fraction of sp³-hybridized carbons (Fsp3) is 0.167. The van der Waals surface area contributed by atoms with Crippen LogP contribution in [0.25, 0.3) is 10.9 Å². The van der Waals surface area contributed by atoms with E-state index in [0.29, 0.717) is 11.6 Å². The number of carbonyl (C=O) groups excluding carboxylic acids is 1. The standard InChI is InChI=1S/C18H15N3O/c22-18(17-6-5-14-3-1-2-4-16(14)20-17)21-11-15(12-21)13-7-9-19-10-8-13/h1-10,15H,11-12H2. The van der Waals surface area contributed by atoms with Gasteiger partial charge in [0.1, 0.15) is 5.69 Å². The minimum absolute atomic E-state index is 0.0102. The minimum atomic E-state index is 0.0102. The van der Waals surface area contributed by atoms with Crippen molar-refractivity contribution in [3.05, 3.63) is 72.2 Å². The molecule has 1 fully saturated rings. The minimum Gasteiger partial charge on any atom is -0.336 e. The normalized spacial score (nSPS) is 14.8. The first-order valence-electron chi connectivity index (χ1n) is 7.36. The van der Waals surface area contributed by atoms with E-state index in [1.54, 1.807) is 12.4 Å². The molecule has 4 heteroatoms. The molecule has 1 aromatic carbocycles. The number of para-hydroxylation sites is 1. The van der Waals surface area contributed by atoms with E-state index in [2.05, 4.69) is 9.97 Å². The van der Waals surface area contributed by atoms with Gasteiger partial charge in [-0.3, -0.25) is 9.78 Å². The highest BCUT2D eigenvalue weighted by Crippen LogP contribution is 2.27. The average molecular weight is 289 g/mol. The summed E-state index contributed by atoms with van der Waals surface area (Å²) in [7, 11) is 0. The summed E-state index contributed by atoms with van der Waals surface area (Å²) in [5, 5.41) is 1.05. The van der Waals surface area contributed by atoms with Crippen LogP contribution in [0, 0.1) is 0 Å². The first-order valence-corrected chi connectivity index (χ1v) is 7.36. The van der Waals surface area contributed by atoms with E-state index < -0.39 is 0 Å². The van der Waals surface area contributed by atoms with E-state index in [-0.39, 0.29) is 5.91 Å². The van der Waals surface area contributed by atoms with Crippen LogP contribution in [0.4, 0.5) is 0 Å². The van der Waals surface area contributed by atoms with Gasteiger partial charge < -0.3 is 4.90 Å². The molecule has 0 atom stereocenters. The Balaban J connectivity index is 1.50. The Hall–Kier alpha value is -2.75. The van der Waals surface area contributed by atoms with Crippen molar-refractivity contribution in [2.75, 3.05) is 13.1 Å². The first kappa shape index (κ1) is 13.0. The number of aromatic nitrogens is 2. The maximum Gasteiger partial charge on any atom is 0.272 e. The zero-order chi connectivity index (χ0) is 14.9. The largest absolute Gasteiger partial charge is 0.336 e. The maximum atomic E-state index is 12.5. The van der Waals surface area contributed by atoms with Crippen LogP contribution in [0.3, 0.4) is 0 Å². The lowest BCUT2D eigenvalue weighted by atomic mass is 9.92. The van der Waals surface area contributed by atoms with Gasteiger partial charge >= 0.3 is 0 Å². The van der Waals surface area contributed by atoms with Crippen LogP contribution in [0.1, 0.15) is 22.0 Å². The molecular weight excluding hydrogens is 274 g/mol. The number of hydrogen-bond acceptors (Lipinski definition) is 3. The molecule has 0 bridgehead atoms. The molecule has 3 heterocycles. The number of rotatable bonds is 2. The molecule has 0 unspecified atom stereocenters. The summed E-state index contributed by atoms with van der Waals surface area (Å²) in [6, 6.07) is 15.6. The van der Waals surface area contributed by atoms with E-state index in [0.717, 1.165) is 24.0 Å². The third kappa shape index (κ3) is 2.22. The average Bonchev–Trinajstić information content (AvgIpc) is 2.54. The summed E-state index contributed by atoms with van der Waals surface area (Å²) in [6.45, 7) is 1.49. The topological polar surface area (TPSA) is 46.1 Å². The van der Waals surface area contributed by atoms with Crippen LogP contribution >= 0.6 is 0 Å². The Morgan fingerprint density at radius 3 is 2.59 bits per heavy atom. The Morgan fingerprint density at radius 2 is 1.77 bits per heavy atom. The summed E-state index contributed by atoms with van der Waals surface area (Å²) < 4.78 is 0. The lowest BCUT2D eigenvalue weighted by molar-refractivity contribution is 0.0596. The van der Waals surface area contributed by atoms with Gasteiger partial charge in [-0.15, -0.1) is 0 Å². The molecule has 0 aliphatic carbocycles. The molecule has 0 spiro atoms. The molecule has 4 rings (SSSR count). The summed E-state index contributed by atoms with van der Waals surface area (Å²) in [5.74, 6) is 0.420. The number of fused-ring (bicyclic) bond motifs is 1. The van der Waals surface area contributed by atoms with Crippen molar-refractivity contribution >= 4 is 16.8 Å². The maximum absolute atomic E-state index is 12.5. The molecule has 0 N–H and O–H groups in total. The van der Waals surface area contributed by atoms with Crippen molar-refractivity contribution < 1.29 is 4.79 Å². The fourth-order valence-corrected chi connectivity index (χ4v) is 2.84. The highest BCUT2D eigenvalue weighted by atomic mass is 16.2. The Kier molecular flexibility index (Phi) is 3.07. The summed E-state index contributed by atoms with van der Waals surface area (Å²) >= 11 is 0. The summed E-state index contributed by atoms with van der Waals surface area (Å²) in [5.41, 5.74) is 2.62. The third-order valence-electron chi connectivity index (χ3n) is 4.16. The van der Waals surface area contributed by atoms with E-state index in [1.807, 2.05) is 53.4 Å². The molecule has 2 aromatic heterocycles. The van der Waals surface area contributed by atoms with Gasteiger partial charge in [0, 0.05) is 36.8 Å². The number of likely N-dealkylation sites (tertiary alicyclic amines) is 1. The molecule has 3 aromatic rings. The van der Waals surface area contributed by atoms with Crippen molar-refractivity contribution in [1.29, 1.82) is 0 Å². The summed E-state index contributed by atoms with van der Waals surface area (Å²) in [6.07, 6.45) is 3.59. The van der Waals surface area contributed by atoms with Gasteiger partial charge in [-0.2, -0.15) is 0 Å². The Labute approximate surface area is 128 Å². The van der Waals surface area contributed by atoms with Crippen LogP contribution < -0.4 is 0 Å². The van der Waals surface area contributed by atoms with Crippen molar-refractivity contribution in [3.8, 4) is 0 Å². The smallest absolute Gasteiger partial charge is 0.272 e. The van der Waals surface area contributed by atoms with Gasteiger partial charge in [0.2, 0.25) is 0 Å². The predicted octanol–water partition coefficient (Wildman–Crippen LogP) is 2.87. The highest BCUT2D eigenvalue weighted by molar-refractivity contribution is 5.95. The van der Waals surface area contributed by atoms with Crippen LogP contribution in [0.15, 0.2) is 60.9 Å². The van der Waals surface area contributed by atoms with Crippen molar-refractivity contribution in [3.63, 3.8) is 0 Å². The molecule has 4 nitrogen and oxygen atoms in total. The molecule has 22 heavy (non-hydrogen) atoms. The number of pyridine rings is 2. The zero-order valence-corrected chi connectivity index (χ0v) is 12.0. The van der Waals surface area contributed by atoms with E-state index in [1.165, 1.54) is 5.56 Å². The van der Waals surface area contributed by atoms with Gasteiger partial charge in [0.25, 0.3) is 5.91 Å². The molecule has 108 valence electrons. The lowest BCUT2D eigenvalue weighted by Gasteiger charge is -2.39. The number of carbonyl (C=O) groups is 1. The van der Waals surface area contributed by atoms with Gasteiger partial charge in [0.05, 0.1) is 5.52 Å². The van der Waals surface area contributed by atoms with Crippen molar-refractivity contribution in [2.24, 2.45) is 0 Å². The second-order valence-electron chi connectivity index (χ2n) is 5.58. The number of amides is 1. The van der Waals surface area contributed by atoms with Gasteiger partial charge in [-0.25, -0.2) is 4.98 Å². The SMILES string of the molecule is O=C(c1ccc2ccccc2n1)N1CC(c2ccncc2)C1. The Bertz CT molecular complexity index is 826. The Morgan fingerprint density at radius 1 is 1.00 bits per heavy atom.